The van der Waals surface area contributed by atoms with Crippen LogP contribution in [0.5, 0.6) is 5.75 Å². The molecule has 2 rings (SSSR count). The highest BCUT2D eigenvalue weighted by molar-refractivity contribution is 14.0. The number of para-hydroxylation sites is 1. The maximum absolute atomic E-state index is 5.40. The lowest BCUT2D eigenvalue weighted by Crippen LogP contribution is -2.38. The van der Waals surface area contributed by atoms with E-state index < -0.39 is 0 Å². The fourth-order valence-electron chi connectivity index (χ4n) is 2.46. The van der Waals surface area contributed by atoms with E-state index in [1.807, 2.05) is 32.2 Å². The van der Waals surface area contributed by atoms with E-state index in [4.69, 9.17) is 9.73 Å². The van der Waals surface area contributed by atoms with Gasteiger partial charge in [0, 0.05) is 25.5 Å². The fourth-order valence-corrected chi connectivity index (χ4v) is 3.06. The first kappa shape index (κ1) is 21.7. The third-order valence-corrected chi connectivity index (χ3v) is 4.42. The number of benzene rings is 1. The molecular weight excluding hydrogens is 447 g/mol. The molecule has 0 saturated carbocycles. The molecule has 1 heterocycles. The highest BCUT2D eigenvalue weighted by Crippen LogP contribution is 2.17. The smallest absolute Gasteiger partial charge is 0.194 e. The quantitative estimate of drug-likeness (QED) is 0.378. The van der Waals surface area contributed by atoms with E-state index in [1.165, 1.54) is 5.56 Å². The minimum atomic E-state index is 0. The van der Waals surface area contributed by atoms with Crippen molar-refractivity contribution in [3.63, 3.8) is 0 Å². The van der Waals surface area contributed by atoms with E-state index in [9.17, 15) is 0 Å². The van der Waals surface area contributed by atoms with Gasteiger partial charge in [-0.15, -0.1) is 35.3 Å². The number of aromatic nitrogens is 1. The van der Waals surface area contributed by atoms with Gasteiger partial charge in [-0.1, -0.05) is 18.2 Å². The Hall–Kier alpha value is -1.35. The molecule has 7 heteroatoms. The molecule has 1 aromatic carbocycles. The van der Waals surface area contributed by atoms with Crippen molar-refractivity contribution < 1.29 is 4.74 Å². The number of rotatable bonds is 7. The molecule has 0 bridgehead atoms. The Kier molecular flexibility index (Phi) is 9.81. The van der Waals surface area contributed by atoms with Crippen LogP contribution in [0, 0.1) is 6.92 Å². The number of ether oxygens (including phenoxy) is 1. The van der Waals surface area contributed by atoms with Gasteiger partial charge in [0.1, 0.15) is 5.75 Å². The molecule has 2 aromatic rings. The van der Waals surface area contributed by atoms with Gasteiger partial charge in [0.25, 0.3) is 0 Å². The molecule has 0 fully saturated rings. The van der Waals surface area contributed by atoms with Crippen LogP contribution >= 0.6 is 35.3 Å². The average molecular weight is 474 g/mol. The Balaban J connectivity index is 0.00000312. The van der Waals surface area contributed by atoms with Gasteiger partial charge in [-0.05, 0) is 31.9 Å². The van der Waals surface area contributed by atoms with Crippen molar-refractivity contribution in [2.24, 2.45) is 4.99 Å². The summed E-state index contributed by atoms with van der Waals surface area (Å²) >= 11 is 1.68. The molecule has 138 valence electrons. The SMILES string of the molecule is CCNC(=NCCc1ccccc1OC)N(C)Cc1csc(C)n1.I. The van der Waals surface area contributed by atoms with Crippen LogP contribution in [-0.2, 0) is 13.0 Å². The second kappa shape index (κ2) is 11.3. The molecule has 0 aliphatic carbocycles. The number of guanidine groups is 1. The third kappa shape index (κ3) is 6.81. The van der Waals surface area contributed by atoms with E-state index in [2.05, 4.69) is 33.6 Å². The molecular formula is C18H27IN4OS. The Bertz CT molecular complexity index is 675. The molecule has 1 N–H and O–H groups in total. The minimum absolute atomic E-state index is 0. The number of halogens is 1. The highest BCUT2D eigenvalue weighted by Gasteiger charge is 2.09. The van der Waals surface area contributed by atoms with Crippen LogP contribution < -0.4 is 10.1 Å². The summed E-state index contributed by atoms with van der Waals surface area (Å²) in [5.74, 6) is 1.82. The zero-order valence-electron chi connectivity index (χ0n) is 15.3. The number of aryl methyl sites for hydroxylation is 1. The Morgan fingerprint density at radius 3 is 2.76 bits per heavy atom. The second-order valence-corrected chi connectivity index (χ2v) is 6.57. The number of hydrogen-bond acceptors (Lipinski definition) is 4. The molecule has 0 aliphatic rings. The summed E-state index contributed by atoms with van der Waals surface area (Å²) in [6.45, 7) is 6.42. The molecule has 0 saturated heterocycles. The first-order chi connectivity index (χ1) is 11.6. The van der Waals surface area contributed by atoms with Crippen LogP contribution in [0.1, 0.15) is 23.2 Å². The van der Waals surface area contributed by atoms with Crippen LogP contribution in [0.2, 0.25) is 0 Å². The van der Waals surface area contributed by atoms with Crippen molar-refractivity contribution in [3.05, 3.63) is 45.9 Å². The molecule has 0 atom stereocenters. The summed E-state index contributed by atoms with van der Waals surface area (Å²) in [7, 11) is 3.75. The van der Waals surface area contributed by atoms with Gasteiger partial charge in [0.05, 0.1) is 24.4 Å². The van der Waals surface area contributed by atoms with Crippen molar-refractivity contribution in [1.82, 2.24) is 15.2 Å². The van der Waals surface area contributed by atoms with Gasteiger partial charge >= 0.3 is 0 Å². The fraction of sp³-hybridized carbons (Fsp3) is 0.444. The number of methoxy groups -OCH3 is 1. The Morgan fingerprint density at radius 2 is 2.12 bits per heavy atom. The van der Waals surface area contributed by atoms with Crippen molar-refractivity contribution in [2.75, 3.05) is 27.2 Å². The van der Waals surface area contributed by atoms with Gasteiger partial charge in [-0.3, -0.25) is 4.99 Å². The van der Waals surface area contributed by atoms with Crippen LogP contribution in [0.25, 0.3) is 0 Å². The van der Waals surface area contributed by atoms with Crippen molar-refractivity contribution in [1.29, 1.82) is 0 Å². The van der Waals surface area contributed by atoms with Gasteiger partial charge in [0.15, 0.2) is 5.96 Å². The van der Waals surface area contributed by atoms with E-state index in [0.29, 0.717) is 6.54 Å². The summed E-state index contributed by atoms with van der Waals surface area (Å²) in [4.78, 5) is 11.4. The number of thiazole rings is 1. The lowest BCUT2D eigenvalue weighted by molar-refractivity contribution is 0.409. The molecule has 25 heavy (non-hydrogen) atoms. The normalized spacial score (nSPS) is 11.0. The monoisotopic (exact) mass is 474 g/mol. The van der Waals surface area contributed by atoms with Crippen LogP contribution in [0.4, 0.5) is 0 Å². The minimum Gasteiger partial charge on any atom is -0.496 e. The molecule has 0 amide bonds. The first-order valence-corrected chi connectivity index (χ1v) is 9.04. The summed E-state index contributed by atoms with van der Waals surface area (Å²) in [6.07, 6.45) is 0.850. The summed E-state index contributed by atoms with van der Waals surface area (Å²) in [5.41, 5.74) is 2.26. The van der Waals surface area contributed by atoms with E-state index >= 15 is 0 Å². The predicted octanol–water partition coefficient (Wildman–Crippen LogP) is 3.72. The zero-order valence-corrected chi connectivity index (χ0v) is 18.4. The average Bonchev–Trinajstić information content (AvgIpc) is 2.99. The Labute approximate surface area is 171 Å². The summed E-state index contributed by atoms with van der Waals surface area (Å²) in [6, 6.07) is 8.09. The maximum atomic E-state index is 5.40. The topological polar surface area (TPSA) is 49.8 Å². The molecule has 5 nitrogen and oxygen atoms in total. The first-order valence-electron chi connectivity index (χ1n) is 8.16. The predicted molar refractivity (Wildman–Crippen MR) is 116 cm³/mol. The van der Waals surface area contributed by atoms with E-state index in [0.717, 1.165) is 41.9 Å². The summed E-state index contributed by atoms with van der Waals surface area (Å²) in [5, 5.41) is 6.54. The third-order valence-electron chi connectivity index (χ3n) is 3.60. The number of aliphatic imine (C=N–C) groups is 1. The van der Waals surface area contributed by atoms with Gasteiger partial charge in [-0.2, -0.15) is 0 Å². The summed E-state index contributed by atoms with van der Waals surface area (Å²) < 4.78 is 5.40. The highest BCUT2D eigenvalue weighted by atomic mass is 127. The van der Waals surface area contributed by atoms with E-state index in [1.54, 1.807) is 18.4 Å². The van der Waals surface area contributed by atoms with Crippen molar-refractivity contribution in [3.8, 4) is 5.75 Å². The van der Waals surface area contributed by atoms with Gasteiger partial charge in [0.2, 0.25) is 0 Å². The standard InChI is InChI=1S/C18H26N4OS.HI/c1-5-19-18(22(3)12-16-13-24-14(2)21-16)20-11-10-15-8-6-7-9-17(15)23-4;/h6-9,13H,5,10-12H2,1-4H3,(H,19,20);1H. The lowest BCUT2D eigenvalue weighted by atomic mass is 10.1. The van der Waals surface area contributed by atoms with Crippen LogP contribution in [-0.4, -0.2) is 43.1 Å². The number of nitrogens with one attached hydrogen (secondary N) is 1. The molecule has 0 aliphatic heterocycles. The van der Waals surface area contributed by atoms with Crippen molar-refractivity contribution in [2.45, 2.75) is 26.8 Å². The van der Waals surface area contributed by atoms with E-state index in [-0.39, 0.29) is 24.0 Å². The van der Waals surface area contributed by atoms with Crippen molar-refractivity contribution >= 4 is 41.3 Å². The maximum Gasteiger partial charge on any atom is 0.194 e. The number of nitrogens with zero attached hydrogens (tertiary/aromatic N) is 3. The zero-order chi connectivity index (χ0) is 17.4. The second-order valence-electron chi connectivity index (χ2n) is 5.51. The molecule has 1 aromatic heterocycles. The number of hydrogen-bond donors (Lipinski definition) is 1. The van der Waals surface area contributed by atoms with Crippen LogP contribution in [0.15, 0.2) is 34.6 Å². The molecule has 0 spiro atoms. The Morgan fingerprint density at radius 1 is 1.36 bits per heavy atom. The molecule has 0 unspecified atom stereocenters. The molecule has 0 radical (unpaired) electrons. The van der Waals surface area contributed by atoms with Crippen LogP contribution in [0.3, 0.4) is 0 Å². The van der Waals surface area contributed by atoms with Gasteiger partial charge < -0.3 is 15.0 Å². The largest absolute Gasteiger partial charge is 0.496 e. The van der Waals surface area contributed by atoms with Gasteiger partial charge in [-0.25, -0.2) is 4.98 Å². The lowest BCUT2D eigenvalue weighted by Gasteiger charge is -2.21.